The van der Waals surface area contributed by atoms with Gasteiger partial charge in [0.1, 0.15) is 6.04 Å². The van der Waals surface area contributed by atoms with E-state index in [1.807, 2.05) is 24.4 Å². The predicted octanol–water partition coefficient (Wildman–Crippen LogP) is 3.79. The van der Waals surface area contributed by atoms with Crippen molar-refractivity contribution in [2.45, 2.75) is 52.5 Å². The topological polar surface area (TPSA) is 58.9 Å². The maximum atomic E-state index is 12.5. The molecule has 4 heteroatoms. The zero-order valence-corrected chi connectivity index (χ0v) is 15.3. The maximum Gasteiger partial charge on any atom is 0.279 e. The molecule has 24 heavy (non-hydrogen) atoms. The Kier molecular flexibility index (Phi) is 6.21. The summed E-state index contributed by atoms with van der Waals surface area (Å²) >= 11 is 0. The van der Waals surface area contributed by atoms with Gasteiger partial charge in [0.2, 0.25) is 0 Å². The Balaban J connectivity index is 2.08. The molecule has 1 aromatic heterocycles. The Morgan fingerprint density at radius 1 is 1.04 bits per heavy atom. The smallest absolute Gasteiger partial charge is 0.279 e. The molecule has 0 aliphatic rings. The lowest BCUT2D eigenvalue weighted by atomic mass is 9.92. The van der Waals surface area contributed by atoms with Crippen molar-refractivity contribution >= 4 is 11.6 Å². The number of furan rings is 1. The number of quaternary nitrogens is 1. The molecule has 1 heterocycles. The molecule has 0 aliphatic heterocycles. The Labute approximate surface area is 144 Å². The van der Waals surface area contributed by atoms with Crippen LogP contribution in [0.1, 0.15) is 69.4 Å². The van der Waals surface area contributed by atoms with Gasteiger partial charge in [0.05, 0.1) is 6.26 Å². The van der Waals surface area contributed by atoms with Crippen molar-refractivity contribution in [3.8, 4) is 0 Å². The Hall–Kier alpha value is -2.07. The van der Waals surface area contributed by atoms with E-state index >= 15 is 0 Å². The Bertz CT molecular complexity index is 634. The molecule has 0 aliphatic carbocycles. The van der Waals surface area contributed by atoms with Gasteiger partial charge in [-0.15, -0.1) is 0 Å². The molecule has 130 valence electrons. The van der Waals surface area contributed by atoms with Crippen LogP contribution in [0.2, 0.25) is 0 Å². The molecule has 2 rings (SSSR count). The molecule has 0 saturated heterocycles. The molecule has 2 aromatic rings. The zero-order valence-electron chi connectivity index (χ0n) is 15.3. The average molecular weight is 329 g/mol. The summed E-state index contributed by atoms with van der Waals surface area (Å²) in [6.07, 6.45) is 1.66. The van der Waals surface area contributed by atoms with Crippen molar-refractivity contribution in [2.24, 2.45) is 0 Å². The number of nitrogens with one attached hydrogen (secondary N) is 1. The molecule has 0 spiro atoms. The number of para-hydroxylation sites is 1. The first-order valence-electron chi connectivity index (χ1n) is 8.69. The largest absolute Gasteiger partial charge is 0.463 e. The predicted molar refractivity (Wildman–Crippen MR) is 97.2 cm³/mol. The van der Waals surface area contributed by atoms with Gasteiger partial charge in [-0.1, -0.05) is 45.9 Å². The normalized spacial score (nSPS) is 12.6. The summed E-state index contributed by atoms with van der Waals surface area (Å²) in [5.41, 5.74) is 3.36. The van der Waals surface area contributed by atoms with Crippen molar-refractivity contribution in [3.05, 3.63) is 53.5 Å². The highest BCUT2D eigenvalue weighted by Gasteiger charge is 2.18. The van der Waals surface area contributed by atoms with Gasteiger partial charge in [0.15, 0.2) is 12.3 Å². The maximum absolute atomic E-state index is 12.5. The standard InChI is InChI=1S/C20H28N2O2/c1-13(2)16-8-6-9-17(14(3)4)20(16)22-19(23)12-21-15(5)18-10-7-11-24-18/h6-11,13-15,21H,12H2,1-5H3,(H,22,23)/p+1/t15-/m1/s1. The third-order valence-corrected chi connectivity index (χ3v) is 4.29. The van der Waals surface area contributed by atoms with Gasteiger partial charge >= 0.3 is 0 Å². The molecule has 0 saturated carbocycles. The molecule has 0 fully saturated rings. The van der Waals surface area contributed by atoms with Crippen LogP contribution in [0.15, 0.2) is 41.0 Å². The van der Waals surface area contributed by atoms with E-state index in [2.05, 4.69) is 51.2 Å². The molecule has 0 bridgehead atoms. The quantitative estimate of drug-likeness (QED) is 0.812. The second-order valence-electron chi connectivity index (χ2n) is 6.91. The summed E-state index contributed by atoms with van der Waals surface area (Å²) in [6.45, 7) is 11.0. The molecule has 1 aromatic carbocycles. The van der Waals surface area contributed by atoms with Gasteiger partial charge < -0.3 is 15.1 Å². The lowest BCUT2D eigenvalue weighted by molar-refractivity contribution is -0.684. The van der Waals surface area contributed by atoms with Gasteiger partial charge in [-0.3, -0.25) is 4.79 Å². The van der Waals surface area contributed by atoms with Gasteiger partial charge in [-0.25, -0.2) is 0 Å². The van der Waals surface area contributed by atoms with E-state index in [1.165, 1.54) is 11.1 Å². The molecule has 0 radical (unpaired) electrons. The third-order valence-electron chi connectivity index (χ3n) is 4.29. The summed E-state index contributed by atoms with van der Waals surface area (Å²) in [5, 5.41) is 5.13. The number of rotatable bonds is 7. The zero-order chi connectivity index (χ0) is 17.7. The number of carbonyl (C=O) groups excluding carboxylic acids is 1. The highest BCUT2D eigenvalue weighted by Crippen LogP contribution is 2.32. The van der Waals surface area contributed by atoms with Crippen LogP contribution in [0, 0.1) is 0 Å². The lowest BCUT2D eigenvalue weighted by Crippen LogP contribution is -2.86. The number of benzene rings is 1. The number of anilines is 1. The summed E-state index contributed by atoms with van der Waals surface area (Å²) in [6, 6.07) is 10.2. The molecule has 4 nitrogen and oxygen atoms in total. The van der Waals surface area contributed by atoms with Crippen molar-refractivity contribution < 1.29 is 14.5 Å². The summed E-state index contributed by atoms with van der Waals surface area (Å²) in [5.74, 6) is 1.63. The molecule has 1 atom stereocenters. The van der Waals surface area contributed by atoms with Crippen LogP contribution in [0.5, 0.6) is 0 Å². The first kappa shape index (κ1) is 18.3. The monoisotopic (exact) mass is 329 g/mol. The molecular formula is C20H29N2O2+. The third kappa shape index (κ3) is 4.48. The first-order valence-corrected chi connectivity index (χ1v) is 8.69. The Morgan fingerprint density at radius 3 is 2.17 bits per heavy atom. The lowest BCUT2D eigenvalue weighted by Gasteiger charge is -2.20. The van der Waals surface area contributed by atoms with Crippen LogP contribution < -0.4 is 10.6 Å². The van der Waals surface area contributed by atoms with Crippen LogP contribution in [0.4, 0.5) is 5.69 Å². The molecule has 1 amide bonds. The van der Waals surface area contributed by atoms with Crippen LogP contribution in [0.25, 0.3) is 0 Å². The van der Waals surface area contributed by atoms with Crippen molar-refractivity contribution in [2.75, 3.05) is 11.9 Å². The average Bonchev–Trinajstić information content (AvgIpc) is 3.06. The highest BCUT2D eigenvalue weighted by molar-refractivity contribution is 5.93. The van der Waals surface area contributed by atoms with Crippen molar-refractivity contribution in [1.29, 1.82) is 0 Å². The molecular weight excluding hydrogens is 300 g/mol. The van der Waals surface area contributed by atoms with Gasteiger partial charge in [-0.2, -0.15) is 0 Å². The minimum atomic E-state index is 0.0170. The fourth-order valence-electron chi connectivity index (χ4n) is 2.84. The first-order chi connectivity index (χ1) is 11.4. The van der Waals surface area contributed by atoms with Gasteiger partial charge in [-0.05, 0) is 42.0 Å². The van der Waals surface area contributed by atoms with E-state index in [9.17, 15) is 4.79 Å². The van der Waals surface area contributed by atoms with Crippen LogP contribution in [-0.2, 0) is 4.79 Å². The summed E-state index contributed by atoms with van der Waals surface area (Å²) < 4.78 is 5.38. The van der Waals surface area contributed by atoms with E-state index in [1.54, 1.807) is 6.26 Å². The van der Waals surface area contributed by atoms with Gasteiger partial charge in [0, 0.05) is 5.69 Å². The van der Waals surface area contributed by atoms with Gasteiger partial charge in [0.25, 0.3) is 5.91 Å². The second kappa shape index (κ2) is 8.15. The fraction of sp³-hybridized carbons (Fsp3) is 0.450. The number of hydrogen-bond donors (Lipinski definition) is 2. The van der Waals surface area contributed by atoms with E-state index in [4.69, 9.17) is 4.42 Å². The Morgan fingerprint density at radius 2 is 1.67 bits per heavy atom. The summed E-state index contributed by atoms with van der Waals surface area (Å²) in [7, 11) is 0. The van der Waals surface area contributed by atoms with E-state index < -0.39 is 0 Å². The van der Waals surface area contributed by atoms with E-state index in [0.29, 0.717) is 18.4 Å². The van der Waals surface area contributed by atoms with Crippen LogP contribution in [-0.4, -0.2) is 12.5 Å². The van der Waals surface area contributed by atoms with E-state index in [0.717, 1.165) is 11.4 Å². The fourth-order valence-corrected chi connectivity index (χ4v) is 2.84. The molecule has 0 unspecified atom stereocenters. The van der Waals surface area contributed by atoms with Crippen molar-refractivity contribution in [1.82, 2.24) is 0 Å². The van der Waals surface area contributed by atoms with Crippen LogP contribution in [0.3, 0.4) is 0 Å². The highest BCUT2D eigenvalue weighted by atomic mass is 16.3. The summed E-state index contributed by atoms with van der Waals surface area (Å²) in [4.78, 5) is 12.5. The minimum Gasteiger partial charge on any atom is -0.463 e. The SMILES string of the molecule is CC(C)c1cccc(C(C)C)c1NC(=O)C[NH2+][C@H](C)c1ccco1. The number of nitrogens with two attached hydrogens (primary N) is 1. The van der Waals surface area contributed by atoms with Crippen LogP contribution >= 0.6 is 0 Å². The van der Waals surface area contributed by atoms with Crippen molar-refractivity contribution in [3.63, 3.8) is 0 Å². The second-order valence-corrected chi connectivity index (χ2v) is 6.91. The van der Waals surface area contributed by atoms with E-state index in [-0.39, 0.29) is 11.9 Å². The minimum absolute atomic E-state index is 0.0170. The number of carbonyl (C=O) groups is 1. The number of hydrogen-bond acceptors (Lipinski definition) is 2. The molecule has 3 N–H and O–H groups in total. The number of amides is 1.